The van der Waals surface area contributed by atoms with Gasteiger partial charge in [0.15, 0.2) is 5.75 Å². The molecule has 1 aromatic rings. The van der Waals surface area contributed by atoms with Crippen molar-refractivity contribution in [2.45, 2.75) is 19.7 Å². The summed E-state index contributed by atoms with van der Waals surface area (Å²) in [7, 11) is 0. The molecule has 1 N–H and O–H groups in total. The van der Waals surface area contributed by atoms with Gasteiger partial charge < -0.3 is 9.84 Å². The van der Waals surface area contributed by atoms with E-state index in [1.165, 1.54) is 13.0 Å². The largest absolute Gasteiger partial charge is 0.574 e. The second kappa shape index (κ2) is 4.26. The van der Waals surface area contributed by atoms with E-state index in [0.717, 1.165) is 0 Å². The first kappa shape index (κ1) is 12.1. The van der Waals surface area contributed by atoms with E-state index in [9.17, 15) is 18.3 Å². The van der Waals surface area contributed by atoms with Crippen molar-refractivity contribution in [1.29, 1.82) is 5.26 Å². The lowest BCUT2D eigenvalue weighted by molar-refractivity contribution is -0.276. The first-order valence-electron chi connectivity index (χ1n) is 4.15. The number of hydrogen-bond acceptors (Lipinski definition) is 4. The summed E-state index contributed by atoms with van der Waals surface area (Å²) in [6, 6.07) is 3.06. The van der Waals surface area contributed by atoms with E-state index in [2.05, 4.69) is 9.72 Å². The first-order chi connectivity index (χ1) is 7.33. The lowest BCUT2D eigenvalue weighted by Gasteiger charge is -2.11. The zero-order valence-corrected chi connectivity index (χ0v) is 8.17. The summed E-state index contributed by atoms with van der Waals surface area (Å²) in [5.74, 6) is -1.61. The normalized spacial score (nSPS) is 10.9. The molecule has 0 aliphatic carbocycles. The summed E-state index contributed by atoms with van der Waals surface area (Å²) in [6.45, 7) is 1.39. The van der Waals surface area contributed by atoms with Crippen molar-refractivity contribution >= 4 is 0 Å². The number of pyridine rings is 1. The average molecular weight is 232 g/mol. The summed E-state index contributed by atoms with van der Waals surface area (Å²) < 4.78 is 39.3. The van der Waals surface area contributed by atoms with E-state index in [-0.39, 0.29) is 17.7 Å². The minimum absolute atomic E-state index is 0.108. The molecule has 0 bridgehead atoms. The first-order valence-corrected chi connectivity index (χ1v) is 4.15. The van der Waals surface area contributed by atoms with E-state index in [1.54, 1.807) is 6.07 Å². The van der Waals surface area contributed by atoms with E-state index in [1.807, 2.05) is 0 Å². The van der Waals surface area contributed by atoms with Crippen LogP contribution in [-0.2, 0) is 6.42 Å². The van der Waals surface area contributed by atoms with Crippen LogP contribution in [0.5, 0.6) is 11.6 Å². The molecule has 0 atom stereocenters. The van der Waals surface area contributed by atoms with Crippen molar-refractivity contribution in [1.82, 2.24) is 4.98 Å². The van der Waals surface area contributed by atoms with Gasteiger partial charge in [-0.15, -0.1) is 13.2 Å². The highest BCUT2D eigenvalue weighted by Crippen LogP contribution is 2.32. The molecule has 7 heteroatoms. The molecule has 1 rings (SSSR count). The summed E-state index contributed by atoms with van der Waals surface area (Å²) >= 11 is 0. The Morgan fingerprint density at radius 3 is 2.69 bits per heavy atom. The van der Waals surface area contributed by atoms with Crippen molar-refractivity contribution < 1.29 is 23.0 Å². The molecule has 0 unspecified atom stereocenters. The molecule has 1 aromatic heterocycles. The van der Waals surface area contributed by atoms with Crippen LogP contribution in [0.4, 0.5) is 13.2 Å². The molecule has 86 valence electrons. The number of hydrogen-bond donors (Lipinski definition) is 1. The topological polar surface area (TPSA) is 66.1 Å². The van der Waals surface area contributed by atoms with Crippen LogP contribution < -0.4 is 4.74 Å². The van der Waals surface area contributed by atoms with Crippen LogP contribution in [0, 0.1) is 18.3 Å². The average Bonchev–Trinajstić information content (AvgIpc) is 2.11. The predicted octanol–water partition coefficient (Wildman–Crippen LogP) is 2.06. The van der Waals surface area contributed by atoms with Crippen LogP contribution in [0.25, 0.3) is 0 Å². The van der Waals surface area contributed by atoms with Gasteiger partial charge in [-0.3, -0.25) is 0 Å². The van der Waals surface area contributed by atoms with Crippen LogP contribution in [0.15, 0.2) is 6.07 Å². The minimum atomic E-state index is -4.93. The van der Waals surface area contributed by atoms with Gasteiger partial charge in [0.2, 0.25) is 0 Å². The molecule has 1 heterocycles. The van der Waals surface area contributed by atoms with E-state index in [0.29, 0.717) is 0 Å². The number of rotatable bonds is 2. The lowest BCUT2D eigenvalue weighted by atomic mass is 10.2. The van der Waals surface area contributed by atoms with E-state index < -0.39 is 18.0 Å². The van der Waals surface area contributed by atoms with Crippen molar-refractivity contribution in [3.05, 3.63) is 17.3 Å². The highest BCUT2D eigenvalue weighted by Gasteiger charge is 2.33. The van der Waals surface area contributed by atoms with Gasteiger partial charge in [-0.25, -0.2) is 4.98 Å². The van der Waals surface area contributed by atoms with Crippen LogP contribution in [0.1, 0.15) is 11.3 Å². The number of alkyl halides is 3. The van der Waals surface area contributed by atoms with Gasteiger partial charge in [0.05, 0.1) is 18.2 Å². The second-order valence-electron chi connectivity index (χ2n) is 2.97. The smallest absolute Gasteiger partial charge is 0.503 e. The number of aromatic hydroxyl groups is 1. The van der Waals surface area contributed by atoms with Crippen molar-refractivity contribution in [2.75, 3.05) is 0 Å². The monoisotopic (exact) mass is 232 g/mol. The maximum absolute atomic E-state index is 11.9. The van der Waals surface area contributed by atoms with Gasteiger partial charge in [-0.05, 0) is 18.6 Å². The number of ether oxygens (including phenoxy) is 1. The molecule has 0 fully saturated rings. The second-order valence-corrected chi connectivity index (χ2v) is 2.97. The lowest BCUT2D eigenvalue weighted by Crippen LogP contribution is -2.18. The minimum Gasteiger partial charge on any atom is -0.503 e. The standard InChI is InChI=1S/C9H7F3N2O2/c1-5-4-6(2-3-13)14-8(7(5)15)16-9(10,11)12/h4,15H,2H2,1H3. The molecule has 0 saturated carbocycles. The highest BCUT2D eigenvalue weighted by atomic mass is 19.4. The third kappa shape index (κ3) is 3.02. The number of aryl methyl sites for hydroxylation is 1. The van der Waals surface area contributed by atoms with Crippen LogP contribution in [0.3, 0.4) is 0 Å². The van der Waals surface area contributed by atoms with Crippen molar-refractivity contribution in [2.24, 2.45) is 0 Å². The summed E-state index contributed by atoms with van der Waals surface area (Å²) in [6.07, 6.45) is -5.09. The van der Waals surface area contributed by atoms with Crippen LogP contribution >= 0.6 is 0 Å². The Balaban J connectivity index is 3.12. The fraction of sp³-hybridized carbons (Fsp3) is 0.333. The third-order valence-electron chi connectivity index (χ3n) is 1.68. The molecule has 0 aromatic carbocycles. The van der Waals surface area contributed by atoms with E-state index in [4.69, 9.17) is 5.26 Å². The fourth-order valence-electron chi connectivity index (χ4n) is 1.05. The molecule has 0 aliphatic heterocycles. The Bertz CT molecular complexity index is 438. The SMILES string of the molecule is Cc1cc(CC#N)nc(OC(F)(F)F)c1O. The number of halogens is 3. The van der Waals surface area contributed by atoms with Gasteiger partial charge in [0.25, 0.3) is 5.88 Å². The predicted molar refractivity (Wildman–Crippen MR) is 46.6 cm³/mol. The number of nitrogens with zero attached hydrogens (tertiary/aromatic N) is 2. The quantitative estimate of drug-likeness (QED) is 0.847. The maximum atomic E-state index is 11.9. The van der Waals surface area contributed by atoms with Crippen molar-refractivity contribution in [3.63, 3.8) is 0 Å². The maximum Gasteiger partial charge on any atom is 0.574 e. The Hall–Kier alpha value is -1.97. The molecular formula is C9H7F3N2O2. The molecule has 0 radical (unpaired) electrons. The molecule has 0 spiro atoms. The summed E-state index contributed by atoms with van der Waals surface area (Å²) in [4.78, 5) is 3.39. The van der Waals surface area contributed by atoms with Gasteiger partial charge in [-0.2, -0.15) is 5.26 Å². The fourth-order valence-corrected chi connectivity index (χ4v) is 1.05. The highest BCUT2D eigenvalue weighted by molar-refractivity contribution is 5.41. The molecule has 0 aliphatic rings. The zero-order chi connectivity index (χ0) is 12.3. The molecule has 16 heavy (non-hydrogen) atoms. The third-order valence-corrected chi connectivity index (χ3v) is 1.68. The van der Waals surface area contributed by atoms with Gasteiger partial charge in [-0.1, -0.05) is 0 Å². The molecule has 0 amide bonds. The molecule has 0 saturated heterocycles. The summed E-state index contributed by atoms with van der Waals surface area (Å²) in [5, 5.41) is 17.7. The number of aromatic nitrogens is 1. The summed E-state index contributed by atoms with van der Waals surface area (Å²) in [5.41, 5.74) is 0.275. The molecular weight excluding hydrogens is 225 g/mol. The molecule has 4 nitrogen and oxygen atoms in total. The Morgan fingerprint density at radius 1 is 1.56 bits per heavy atom. The number of nitriles is 1. The van der Waals surface area contributed by atoms with Gasteiger partial charge >= 0.3 is 6.36 Å². The zero-order valence-electron chi connectivity index (χ0n) is 8.17. The van der Waals surface area contributed by atoms with Gasteiger partial charge in [0, 0.05) is 0 Å². The van der Waals surface area contributed by atoms with Gasteiger partial charge in [0.1, 0.15) is 0 Å². The Labute approximate surface area is 88.9 Å². The Morgan fingerprint density at radius 2 is 2.19 bits per heavy atom. The van der Waals surface area contributed by atoms with E-state index >= 15 is 0 Å². The van der Waals surface area contributed by atoms with Crippen LogP contribution in [0.2, 0.25) is 0 Å². The Kier molecular flexibility index (Phi) is 3.22. The van der Waals surface area contributed by atoms with Crippen LogP contribution in [-0.4, -0.2) is 16.5 Å². The van der Waals surface area contributed by atoms with Crippen molar-refractivity contribution in [3.8, 4) is 17.7 Å².